The minimum absolute atomic E-state index is 0. The first-order valence-electron chi connectivity index (χ1n) is 24.5. The van der Waals surface area contributed by atoms with Gasteiger partial charge in [0.2, 0.25) is 0 Å². The maximum absolute atomic E-state index is 9.29. The van der Waals surface area contributed by atoms with Gasteiger partial charge >= 0.3 is 0 Å². The Labute approximate surface area is 377 Å². The molecule has 0 N–H and O–H groups in total. The van der Waals surface area contributed by atoms with Crippen LogP contribution in [0, 0.1) is 36.7 Å². The van der Waals surface area contributed by atoms with Crippen molar-refractivity contribution in [3.8, 4) is 44.8 Å². The van der Waals surface area contributed by atoms with Crippen molar-refractivity contribution in [3.05, 3.63) is 168 Å². The van der Waals surface area contributed by atoms with Crippen molar-refractivity contribution in [1.82, 2.24) is 9.97 Å². The number of hydrogen-bond donors (Lipinski definition) is 0. The summed E-state index contributed by atoms with van der Waals surface area (Å²) >= 11 is 0. The van der Waals surface area contributed by atoms with Gasteiger partial charge in [-0.3, -0.25) is 0 Å². The molecule has 0 spiro atoms. The third kappa shape index (κ3) is 9.67. The van der Waals surface area contributed by atoms with Gasteiger partial charge in [-0.1, -0.05) is 124 Å². The van der Waals surface area contributed by atoms with E-state index in [0.717, 1.165) is 46.0 Å². The normalized spacial score (nSPS) is 17.5. The van der Waals surface area contributed by atoms with E-state index in [1.807, 2.05) is 106 Å². The fourth-order valence-corrected chi connectivity index (χ4v) is 7.69. The third-order valence-electron chi connectivity index (χ3n) is 10.9. The average Bonchev–Trinajstić information content (AvgIpc) is 3.68. The van der Waals surface area contributed by atoms with Gasteiger partial charge in [-0.15, -0.1) is 54.1 Å². The van der Waals surface area contributed by atoms with E-state index >= 15 is 0 Å². The molecule has 0 bridgehead atoms. The van der Waals surface area contributed by atoms with Gasteiger partial charge in [0.15, 0.2) is 0 Å². The molecule has 59 heavy (non-hydrogen) atoms. The van der Waals surface area contributed by atoms with E-state index in [4.69, 9.17) is 15.4 Å². The Balaban J connectivity index is 0.000000288. The quantitative estimate of drug-likeness (QED) is 0.156. The molecule has 1 radical (unpaired) electrons. The predicted molar refractivity (Wildman–Crippen MR) is 243 cm³/mol. The van der Waals surface area contributed by atoms with Gasteiger partial charge < -0.3 is 14.4 Å². The van der Waals surface area contributed by atoms with Crippen LogP contribution >= 0.6 is 0 Å². The maximum atomic E-state index is 9.29. The number of rotatable bonds is 6. The summed E-state index contributed by atoms with van der Waals surface area (Å²) in [7, 11) is 0. The summed E-state index contributed by atoms with van der Waals surface area (Å²) in [6.07, 6.45) is 4.53. The van der Waals surface area contributed by atoms with E-state index in [9.17, 15) is 1.37 Å². The zero-order chi connectivity index (χ0) is 48.2. The summed E-state index contributed by atoms with van der Waals surface area (Å²) in [5.41, 5.74) is 7.50. The number of pyridine rings is 2. The maximum Gasteiger partial charge on any atom is 0.121 e. The molecule has 0 amide bonds. The molecule has 9 rings (SSSR count). The van der Waals surface area contributed by atoms with Crippen molar-refractivity contribution in [2.75, 3.05) is 0 Å². The van der Waals surface area contributed by atoms with Crippen LogP contribution in [0.4, 0.5) is 0 Å². The standard InChI is InChI=1S/C39H36NO.C16H18N.Ir/c1-25-21-29(28-17-19-39(3,4)20-18-28)13-15-31(25)35-23-36(40-24-26(35)2)34-12-8-11-33-32-16-14-30(22-37(32)41-38(33)34)27-9-6-5-7-10-27;1-16(2,3)11-13-9-10-15(17-12-13)14-7-5-4-6-8-14;/h5-11,13-16,21-24,28H,17-20H2,1-4H3;4-7,9-10,12H,11H2,1-3H3;/q2*-1;/i1D3,2D3,28D;11D2;. The van der Waals surface area contributed by atoms with Crippen molar-refractivity contribution in [3.63, 3.8) is 0 Å². The first kappa shape index (κ1) is 31.7. The Morgan fingerprint density at radius 1 is 0.746 bits per heavy atom. The van der Waals surface area contributed by atoms with E-state index in [0.29, 0.717) is 46.4 Å². The minimum Gasteiger partial charge on any atom is -0.501 e. The number of hydrogen-bond acceptors (Lipinski definition) is 3. The van der Waals surface area contributed by atoms with Gasteiger partial charge in [0.05, 0.1) is 5.58 Å². The van der Waals surface area contributed by atoms with E-state index in [-0.39, 0.29) is 47.8 Å². The summed E-state index contributed by atoms with van der Waals surface area (Å²) in [4.78, 5) is 8.93. The largest absolute Gasteiger partial charge is 0.501 e. The molecule has 1 saturated carbocycles. The molecule has 1 aliphatic rings. The molecule has 3 nitrogen and oxygen atoms in total. The Kier molecular flexibility index (Phi) is 9.46. The number of furan rings is 1. The first-order chi connectivity index (χ1) is 31.5. The van der Waals surface area contributed by atoms with Crippen LogP contribution in [0.15, 0.2) is 138 Å². The van der Waals surface area contributed by atoms with Gasteiger partial charge in [0.1, 0.15) is 5.58 Å². The smallest absolute Gasteiger partial charge is 0.121 e. The van der Waals surface area contributed by atoms with E-state index in [1.165, 1.54) is 6.20 Å². The molecule has 1 fully saturated rings. The van der Waals surface area contributed by atoms with Gasteiger partial charge in [-0.2, -0.15) is 0 Å². The van der Waals surface area contributed by atoms with E-state index in [1.54, 1.807) is 36.5 Å². The predicted octanol–water partition coefficient (Wildman–Crippen LogP) is 15.2. The molecule has 5 aromatic carbocycles. The summed E-state index contributed by atoms with van der Waals surface area (Å²) in [6, 6.07) is 44.2. The van der Waals surface area contributed by atoms with Gasteiger partial charge in [0.25, 0.3) is 0 Å². The van der Waals surface area contributed by atoms with Crippen LogP contribution in [0.5, 0.6) is 0 Å². The molecule has 1 aliphatic carbocycles. The van der Waals surface area contributed by atoms with Crippen molar-refractivity contribution in [2.45, 2.75) is 86.3 Å². The molecule has 3 heterocycles. The summed E-state index contributed by atoms with van der Waals surface area (Å²) in [5.74, 6) is -0.906. The molecule has 0 unspecified atom stereocenters. The molecular formula is C55H54IrN2O-2. The number of aromatic nitrogens is 2. The molecule has 301 valence electrons. The van der Waals surface area contributed by atoms with Gasteiger partial charge in [0, 0.05) is 50.2 Å². The van der Waals surface area contributed by atoms with Crippen LogP contribution in [0.1, 0.15) is 101 Å². The zero-order valence-corrected chi connectivity index (χ0v) is 36.6. The molecule has 8 aromatic rings. The number of benzene rings is 5. The second-order valence-electron chi connectivity index (χ2n) is 17.0. The Hall–Kier alpha value is -5.15. The van der Waals surface area contributed by atoms with Crippen LogP contribution in [0.2, 0.25) is 0 Å². The molecule has 0 aliphatic heterocycles. The zero-order valence-electron chi connectivity index (χ0n) is 43.2. The van der Waals surface area contributed by atoms with Crippen LogP contribution in [0.3, 0.4) is 0 Å². The average molecular weight is 960 g/mol. The third-order valence-corrected chi connectivity index (χ3v) is 10.9. The van der Waals surface area contributed by atoms with Crippen molar-refractivity contribution in [2.24, 2.45) is 10.8 Å². The Morgan fingerprint density at radius 3 is 2.24 bits per heavy atom. The van der Waals surface area contributed by atoms with E-state index < -0.39 is 31.4 Å². The van der Waals surface area contributed by atoms with Crippen LogP contribution in [-0.2, 0) is 26.5 Å². The monoisotopic (exact) mass is 960 g/mol. The fraction of sp³-hybridized carbons (Fsp3) is 0.273. The fourth-order valence-electron chi connectivity index (χ4n) is 7.69. The van der Waals surface area contributed by atoms with Crippen molar-refractivity contribution >= 4 is 21.9 Å². The summed E-state index contributed by atoms with van der Waals surface area (Å²) < 4.78 is 82.6. The van der Waals surface area contributed by atoms with E-state index in [2.05, 4.69) is 42.0 Å². The minimum atomic E-state index is -2.56. The SMILES string of the molecule is [2H]C([2H])([2H])c1cnc(-c2[c-]ccc3c2oc2cc(-c4ccccc4)ccc23)cc1-c1ccc(C2([2H])CCC(C)(C)CC2)cc1C([2H])([2H])[2H].[2H]C([2H])(c1ccc(-c2[c-]cccc2)nc1)C(C)(C)C.[Ir]. The first-order valence-corrected chi connectivity index (χ1v) is 20.0. The molecule has 0 saturated heterocycles. The molecule has 0 atom stereocenters. The summed E-state index contributed by atoms with van der Waals surface area (Å²) in [6.45, 7) is 4.98. The van der Waals surface area contributed by atoms with Gasteiger partial charge in [-0.05, 0) is 124 Å². The number of aryl methyl sites for hydroxylation is 2. The van der Waals surface area contributed by atoms with Crippen LogP contribution in [0.25, 0.3) is 66.7 Å². The topological polar surface area (TPSA) is 38.9 Å². The molecular weight excluding hydrogens is 897 g/mol. The number of fused-ring (bicyclic) bond motifs is 3. The van der Waals surface area contributed by atoms with Crippen LogP contribution in [-0.4, -0.2) is 9.97 Å². The Morgan fingerprint density at radius 2 is 1.53 bits per heavy atom. The number of nitrogens with zero attached hydrogens (tertiary/aromatic N) is 2. The Bertz CT molecular complexity index is 3040. The molecule has 3 aromatic heterocycles. The summed E-state index contributed by atoms with van der Waals surface area (Å²) in [5, 5.41) is 1.79. The van der Waals surface area contributed by atoms with Crippen molar-refractivity contribution < 1.29 is 36.9 Å². The van der Waals surface area contributed by atoms with Gasteiger partial charge in [-0.25, -0.2) is 0 Å². The van der Waals surface area contributed by atoms with Crippen LogP contribution < -0.4 is 0 Å². The second-order valence-corrected chi connectivity index (χ2v) is 17.0. The van der Waals surface area contributed by atoms with Crippen molar-refractivity contribution in [1.29, 1.82) is 0 Å². The second kappa shape index (κ2) is 17.6. The molecule has 4 heteroatoms.